The van der Waals surface area contributed by atoms with E-state index in [4.69, 9.17) is 11.6 Å². The molecular formula is C18H12Br2ClN3O2S. The van der Waals surface area contributed by atoms with E-state index in [1.807, 2.05) is 30.3 Å². The van der Waals surface area contributed by atoms with Crippen molar-refractivity contribution in [3.05, 3.63) is 88.3 Å². The number of carbonyl (C=O) groups excluding carboxylic acids is 1. The van der Waals surface area contributed by atoms with Crippen LogP contribution in [0.3, 0.4) is 0 Å². The van der Waals surface area contributed by atoms with Crippen molar-refractivity contribution in [2.75, 3.05) is 0 Å². The van der Waals surface area contributed by atoms with E-state index in [1.165, 1.54) is 10.8 Å². The lowest BCUT2D eigenvalue weighted by molar-refractivity contribution is 0.0954. The summed E-state index contributed by atoms with van der Waals surface area (Å²) < 4.78 is 3.09. The van der Waals surface area contributed by atoms with Gasteiger partial charge in [-0.05, 0) is 45.8 Å². The number of halogens is 3. The summed E-state index contributed by atoms with van der Waals surface area (Å²) in [7, 11) is 0. The van der Waals surface area contributed by atoms with Crippen LogP contribution in [0.15, 0.2) is 67.4 Å². The maximum Gasteiger partial charge on any atom is 0.309 e. The normalized spacial score (nSPS) is 11.1. The third-order valence-corrected chi connectivity index (χ3v) is 6.23. The minimum atomic E-state index is -0.364. The van der Waals surface area contributed by atoms with Gasteiger partial charge in [0.15, 0.2) is 0 Å². The Morgan fingerprint density at radius 3 is 2.59 bits per heavy atom. The van der Waals surface area contributed by atoms with Gasteiger partial charge in [0.25, 0.3) is 5.91 Å². The zero-order valence-electron chi connectivity index (χ0n) is 13.7. The molecule has 0 saturated carbocycles. The first-order chi connectivity index (χ1) is 13.0. The fourth-order valence-electron chi connectivity index (χ4n) is 2.25. The summed E-state index contributed by atoms with van der Waals surface area (Å²) in [5.41, 5.74) is 3.84. The van der Waals surface area contributed by atoms with Crippen molar-refractivity contribution >= 4 is 66.9 Å². The van der Waals surface area contributed by atoms with Crippen molar-refractivity contribution in [3.8, 4) is 0 Å². The van der Waals surface area contributed by atoms with E-state index in [0.717, 1.165) is 21.4 Å². The first-order valence-corrected chi connectivity index (χ1v) is 10.5. The lowest BCUT2D eigenvalue weighted by atomic mass is 10.2. The van der Waals surface area contributed by atoms with Gasteiger partial charge < -0.3 is 0 Å². The molecule has 0 aliphatic heterocycles. The molecule has 3 rings (SSSR count). The van der Waals surface area contributed by atoms with Crippen molar-refractivity contribution < 1.29 is 4.79 Å². The highest BCUT2D eigenvalue weighted by Crippen LogP contribution is 2.19. The molecule has 27 heavy (non-hydrogen) atoms. The standard InChI is InChI=1S/C18H12Br2ClN3O2S/c19-12-7-5-11(6-8-12)10-24-16(21)15(27-18(24)26)9-22-23-17(25)13-3-1-2-4-14(13)20/h1-9H,10H2,(H,23,25)/b22-9+. The van der Waals surface area contributed by atoms with E-state index >= 15 is 0 Å². The van der Waals surface area contributed by atoms with Gasteiger partial charge in [-0.1, -0.05) is 63.1 Å². The molecule has 0 spiro atoms. The molecule has 5 nitrogen and oxygen atoms in total. The van der Waals surface area contributed by atoms with Gasteiger partial charge in [0, 0.05) is 8.95 Å². The summed E-state index contributed by atoms with van der Waals surface area (Å²) in [4.78, 5) is 24.6. The summed E-state index contributed by atoms with van der Waals surface area (Å²) in [5, 5.41) is 4.20. The van der Waals surface area contributed by atoms with Crippen LogP contribution in [0, 0.1) is 0 Å². The van der Waals surface area contributed by atoms with Crippen LogP contribution in [0.25, 0.3) is 0 Å². The fraction of sp³-hybridized carbons (Fsp3) is 0.0556. The molecule has 0 radical (unpaired) electrons. The smallest absolute Gasteiger partial charge is 0.284 e. The molecule has 1 heterocycles. The zero-order valence-corrected chi connectivity index (χ0v) is 18.4. The van der Waals surface area contributed by atoms with Crippen molar-refractivity contribution in [1.82, 2.24) is 9.99 Å². The van der Waals surface area contributed by atoms with Crippen LogP contribution in [0.4, 0.5) is 0 Å². The maximum absolute atomic E-state index is 12.2. The Morgan fingerprint density at radius 2 is 1.89 bits per heavy atom. The van der Waals surface area contributed by atoms with Crippen molar-refractivity contribution in [1.29, 1.82) is 0 Å². The number of benzene rings is 2. The van der Waals surface area contributed by atoms with E-state index < -0.39 is 0 Å². The van der Waals surface area contributed by atoms with Gasteiger partial charge in [0.1, 0.15) is 5.15 Å². The Hall–Kier alpha value is -1.74. The Labute approximate surface area is 180 Å². The first-order valence-electron chi connectivity index (χ1n) is 7.67. The molecule has 1 aromatic heterocycles. The highest BCUT2D eigenvalue weighted by molar-refractivity contribution is 9.10. The molecule has 9 heteroatoms. The number of rotatable bonds is 5. The SMILES string of the molecule is O=C(N/N=C/c1sc(=O)n(Cc2ccc(Br)cc2)c1Cl)c1ccccc1Br. The first kappa shape index (κ1) is 20.0. The number of carbonyl (C=O) groups is 1. The Balaban J connectivity index is 1.73. The summed E-state index contributed by atoms with van der Waals surface area (Å²) in [6.07, 6.45) is 1.38. The highest BCUT2D eigenvalue weighted by Gasteiger charge is 2.13. The quantitative estimate of drug-likeness (QED) is 0.378. The van der Waals surface area contributed by atoms with E-state index in [0.29, 0.717) is 21.5 Å². The molecular weight excluding hydrogens is 518 g/mol. The molecule has 138 valence electrons. The lowest BCUT2D eigenvalue weighted by Crippen LogP contribution is -2.18. The molecule has 0 fully saturated rings. The number of thiazole rings is 1. The molecule has 0 atom stereocenters. The van der Waals surface area contributed by atoms with Gasteiger partial charge >= 0.3 is 4.87 Å². The Kier molecular flexibility index (Phi) is 6.64. The largest absolute Gasteiger partial charge is 0.309 e. The van der Waals surface area contributed by atoms with Crippen LogP contribution < -0.4 is 10.3 Å². The predicted molar refractivity (Wildman–Crippen MR) is 116 cm³/mol. The lowest BCUT2D eigenvalue weighted by Gasteiger charge is -2.04. The number of hydrogen-bond acceptors (Lipinski definition) is 4. The van der Waals surface area contributed by atoms with Gasteiger partial charge in [0.05, 0.1) is 23.2 Å². The topological polar surface area (TPSA) is 63.5 Å². The van der Waals surface area contributed by atoms with Crippen LogP contribution >= 0.6 is 54.8 Å². The van der Waals surface area contributed by atoms with Crippen LogP contribution in [0.1, 0.15) is 20.8 Å². The summed E-state index contributed by atoms with van der Waals surface area (Å²) in [6.45, 7) is 0.360. The molecule has 0 aliphatic rings. The summed E-state index contributed by atoms with van der Waals surface area (Å²) in [5.74, 6) is -0.364. The second kappa shape index (κ2) is 8.97. The van der Waals surface area contributed by atoms with Crippen molar-refractivity contribution in [2.24, 2.45) is 5.10 Å². The highest BCUT2D eigenvalue weighted by atomic mass is 79.9. The fourth-order valence-corrected chi connectivity index (χ4v) is 4.08. The summed E-state index contributed by atoms with van der Waals surface area (Å²) in [6, 6.07) is 14.6. The van der Waals surface area contributed by atoms with Crippen LogP contribution in [-0.2, 0) is 6.54 Å². The number of nitrogens with zero attached hydrogens (tertiary/aromatic N) is 2. The van der Waals surface area contributed by atoms with Crippen LogP contribution in [0.5, 0.6) is 0 Å². The van der Waals surface area contributed by atoms with Gasteiger partial charge in [-0.2, -0.15) is 5.10 Å². The Bertz CT molecular complexity index is 1060. The predicted octanol–water partition coefficient (Wildman–Crippen LogP) is 4.90. The monoisotopic (exact) mass is 527 g/mol. The van der Waals surface area contributed by atoms with Crippen LogP contribution in [-0.4, -0.2) is 16.7 Å². The molecule has 0 bridgehead atoms. The molecule has 0 aliphatic carbocycles. The van der Waals surface area contributed by atoms with E-state index in [1.54, 1.807) is 18.2 Å². The molecule has 1 amide bonds. The average Bonchev–Trinajstić information content (AvgIpc) is 2.91. The molecule has 0 saturated heterocycles. The summed E-state index contributed by atoms with van der Waals surface area (Å²) >= 11 is 14.0. The van der Waals surface area contributed by atoms with Crippen molar-refractivity contribution in [2.45, 2.75) is 6.54 Å². The van der Waals surface area contributed by atoms with Gasteiger partial charge in [0.2, 0.25) is 0 Å². The number of amides is 1. The molecule has 2 aromatic carbocycles. The number of aromatic nitrogens is 1. The molecule has 0 unspecified atom stereocenters. The zero-order chi connectivity index (χ0) is 19.4. The maximum atomic E-state index is 12.2. The minimum absolute atomic E-state index is 0.193. The third kappa shape index (κ3) is 4.95. The van der Waals surface area contributed by atoms with E-state index in [9.17, 15) is 9.59 Å². The molecule has 1 N–H and O–H groups in total. The average molecular weight is 530 g/mol. The second-order valence-electron chi connectivity index (χ2n) is 5.41. The van der Waals surface area contributed by atoms with Gasteiger partial charge in [-0.15, -0.1) is 0 Å². The van der Waals surface area contributed by atoms with E-state index in [-0.39, 0.29) is 15.9 Å². The van der Waals surface area contributed by atoms with Gasteiger partial charge in [-0.3, -0.25) is 14.2 Å². The number of hydrazone groups is 1. The minimum Gasteiger partial charge on any atom is -0.284 e. The number of hydrogen-bond donors (Lipinski definition) is 1. The van der Waals surface area contributed by atoms with Crippen LogP contribution in [0.2, 0.25) is 5.15 Å². The molecule has 3 aromatic rings. The van der Waals surface area contributed by atoms with E-state index in [2.05, 4.69) is 42.4 Å². The van der Waals surface area contributed by atoms with Crippen molar-refractivity contribution in [3.63, 3.8) is 0 Å². The number of nitrogens with one attached hydrogen (secondary N) is 1. The Morgan fingerprint density at radius 1 is 1.19 bits per heavy atom. The van der Waals surface area contributed by atoms with Gasteiger partial charge in [-0.25, -0.2) is 5.43 Å². The second-order valence-corrected chi connectivity index (χ2v) is 8.54. The third-order valence-electron chi connectivity index (χ3n) is 3.58.